The molecule has 0 atom stereocenters. The Morgan fingerprint density at radius 2 is 1.56 bits per heavy atom. The smallest absolute Gasteiger partial charge is 0.416 e. The number of amides is 1. The van der Waals surface area contributed by atoms with Gasteiger partial charge in [0.2, 0.25) is 0 Å². The molecule has 0 aliphatic carbocycles. The predicted octanol–water partition coefficient (Wildman–Crippen LogP) is 5.39. The van der Waals surface area contributed by atoms with Crippen molar-refractivity contribution >= 4 is 22.9 Å². The molecule has 0 saturated carbocycles. The number of thiophene rings is 1. The van der Waals surface area contributed by atoms with E-state index < -0.39 is 17.6 Å². The molecular formula is C18H12F3NO2S. The fourth-order valence-electron chi connectivity index (χ4n) is 2.18. The number of aromatic hydroxyl groups is 1. The van der Waals surface area contributed by atoms with Crippen LogP contribution in [0.25, 0.3) is 10.4 Å². The van der Waals surface area contributed by atoms with Crippen LogP contribution in [-0.4, -0.2) is 11.0 Å². The lowest BCUT2D eigenvalue weighted by Gasteiger charge is -2.08. The van der Waals surface area contributed by atoms with Crippen LogP contribution in [0.1, 0.15) is 15.2 Å². The lowest BCUT2D eigenvalue weighted by Crippen LogP contribution is -2.10. The average Bonchev–Trinajstić information content (AvgIpc) is 3.05. The molecule has 0 radical (unpaired) electrons. The molecule has 3 aromatic rings. The molecule has 25 heavy (non-hydrogen) atoms. The zero-order valence-electron chi connectivity index (χ0n) is 12.7. The van der Waals surface area contributed by atoms with E-state index in [-0.39, 0.29) is 11.4 Å². The maximum absolute atomic E-state index is 12.5. The lowest BCUT2D eigenvalue weighted by molar-refractivity contribution is -0.137. The van der Waals surface area contributed by atoms with E-state index in [1.54, 1.807) is 36.4 Å². The Balaban J connectivity index is 1.72. The summed E-state index contributed by atoms with van der Waals surface area (Å²) >= 11 is 1.25. The van der Waals surface area contributed by atoms with Crippen molar-refractivity contribution in [3.05, 3.63) is 71.1 Å². The number of rotatable bonds is 3. The minimum atomic E-state index is -4.41. The van der Waals surface area contributed by atoms with Gasteiger partial charge in [-0.2, -0.15) is 13.2 Å². The number of phenolic OH excluding ortho intramolecular Hbond substituents is 1. The average molecular weight is 363 g/mol. The van der Waals surface area contributed by atoms with E-state index in [9.17, 15) is 23.1 Å². The zero-order chi connectivity index (χ0) is 18.0. The Hall–Kier alpha value is -2.80. The van der Waals surface area contributed by atoms with Crippen molar-refractivity contribution < 1.29 is 23.1 Å². The first kappa shape index (κ1) is 17.0. The number of carbonyl (C=O) groups excluding carboxylic acids is 1. The fourth-order valence-corrected chi connectivity index (χ4v) is 3.08. The molecule has 1 aromatic heterocycles. The Kier molecular flexibility index (Phi) is 4.50. The lowest BCUT2D eigenvalue weighted by atomic mass is 10.2. The second-order valence-corrected chi connectivity index (χ2v) is 6.32. The molecule has 7 heteroatoms. The number of hydrogen-bond donors (Lipinski definition) is 2. The van der Waals surface area contributed by atoms with Crippen LogP contribution in [0.3, 0.4) is 0 Å². The Morgan fingerprint density at radius 3 is 2.16 bits per heavy atom. The van der Waals surface area contributed by atoms with E-state index in [0.29, 0.717) is 4.88 Å². The number of phenols is 1. The van der Waals surface area contributed by atoms with Gasteiger partial charge in [-0.15, -0.1) is 11.3 Å². The second kappa shape index (κ2) is 6.60. The van der Waals surface area contributed by atoms with E-state index in [2.05, 4.69) is 5.32 Å². The number of nitrogens with one attached hydrogen (secondary N) is 1. The molecule has 3 rings (SSSR count). The highest BCUT2D eigenvalue weighted by atomic mass is 32.1. The molecule has 2 aromatic carbocycles. The van der Waals surface area contributed by atoms with Crippen LogP contribution in [0.5, 0.6) is 5.75 Å². The van der Waals surface area contributed by atoms with Gasteiger partial charge in [0.15, 0.2) is 0 Å². The van der Waals surface area contributed by atoms with Gasteiger partial charge in [-0.25, -0.2) is 0 Å². The highest BCUT2D eigenvalue weighted by molar-refractivity contribution is 7.17. The molecule has 2 N–H and O–H groups in total. The molecule has 0 spiro atoms. The van der Waals surface area contributed by atoms with Crippen LogP contribution in [0.2, 0.25) is 0 Å². The quantitative estimate of drug-likeness (QED) is 0.655. The minimum absolute atomic E-state index is 0.153. The van der Waals surface area contributed by atoms with E-state index in [0.717, 1.165) is 22.6 Å². The van der Waals surface area contributed by atoms with Gasteiger partial charge >= 0.3 is 6.18 Å². The Labute approximate surface area is 145 Å². The number of carbonyl (C=O) groups is 1. The maximum atomic E-state index is 12.5. The molecule has 0 aliphatic heterocycles. The Bertz CT molecular complexity index is 884. The third-order valence-corrected chi connectivity index (χ3v) is 4.58. The van der Waals surface area contributed by atoms with Crippen molar-refractivity contribution in [2.75, 3.05) is 5.32 Å². The summed E-state index contributed by atoms with van der Waals surface area (Å²) in [5, 5.41) is 11.9. The van der Waals surface area contributed by atoms with E-state index >= 15 is 0 Å². The molecule has 0 saturated heterocycles. The first-order chi connectivity index (χ1) is 11.8. The predicted molar refractivity (Wildman–Crippen MR) is 90.8 cm³/mol. The zero-order valence-corrected chi connectivity index (χ0v) is 13.5. The molecular weight excluding hydrogens is 351 g/mol. The van der Waals surface area contributed by atoms with E-state index in [1.165, 1.54) is 23.5 Å². The summed E-state index contributed by atoms with van der Waals surface area (Å²) < 4.78 is 37.6. The summed E-state index contributed by atoms with van der Waals surface area (Å²) in [6.45, 7) is 0. The number of hydrogen-bond acceptors (Lipinski definition) is 3. The normalized spacial score (nSPS) is 11.3. The molecule has 0 unspecified atom stereocenters. The van der Waals surface area contributed by atoms with Gasteiger partial charge in [0, 0.05) is 10.6 Å². The second-order valence-electron chi connectivity index (χ2n) is 5.24. The first-order valence-electron chi connectivity index (χ1n) is 7.21. The summed E-state index contributed by atoms with van der Waals surface area (Å²) in [6, 6.07) is 14.3. The first-order valence-corrected chi connectivity index (χ1v) is 8.02. The summed E-state index contributed by atoms with van der Waals surface area (Å²) in [4.78, 5) is 13.5. The topological polar surface area (TPSA) is 49.3 Å². The number of alkyl halides is 3. The minimum Gasteiger partial charge on any atom is -0.508 e. The van der Waals surface area contributed by atoms with Crippen LogP contribution in [-0.2, 0) is 6.18 Å². The molecule has 0 aliphatic rings. The van der Waals surface area contributed by atoms with Crippen molar-refractivity contribution in [2.24, 2.45) is 0 Å². The SMILES string of the molecule is O=C(Nc1ccc(C(F)(F)F)cc1)c1ccc(-c2ccc(O)cc2)s1. The number of anilines is 1. The van der Waals surface area contributed by atoms with Crippen molar-refractivity contribution in [1.82, 2.24) is 0 Å². The molecule has 1 amide bonds. The van der Waals surface area contributed by atoms with Crippen LogP contribution in [0.4, 0.5) is 18.9 Å². The van der Waals surface area contributed by atoms with Crippen molar-refractivity contribution in [3.63, 3.8) is 0 Å². The van der Waals surface area contributed by atoms with Crippen LogP contribution >= 0.6 is 11.3 Å². The number of halogens is 3. The Morgan fingerprint density at radius 1 is 0.920 bits per heavy atom. The van der Waals surface area contributed by atoms with Gasteiger partial charge in [0.25, 0.3) is 5.91 Å². The third-order valence-electron chi connectivity index (χ3n) is 3.45. The van der Waals surface area contributed by atoms with E-state index in [4.69, 9.17) is 0 Å². The fraction of sp³-hybridized carbons (Fsp3) is 0.0556. The molecule has 0 fully saturated rings. The van der Waals surface area contributed by atoms with Crippen LogP contribution in [0, 0.1) is 0 Å². The van der Waals surface area contributed by atoms with Crippen molar-refractivity contribution in [3.8, 4) is 16.2 Å². The highest BCUT2D eigenvalue weighted by Crippen LogP contribution is 2.31. The van der Waals surface area contributed by atoms with Crippen LogP contribution in [0.15, 0.2) is 60.7 Å². The summed E-state index contributed by atoms with van der Waals surface area (Å²) in [5.41, 5.74) is 0.380. The van der Waals surface area contributed by atoms with Gasteiger partial charge in [0.05, 0.1) is 10.4 Å². The van der Waals surface area contributed by atoms with Gasteiger partial charge in [0.1, 0.15) is 5.75 Å². The third kappa shape index (κ3) is 4.00. The van der Waals surface area contributed by atoms with Crippen molar-refractivity contribution in [1.29, 1.82) is 0 Å². The molecule has 0 bridgehead atoms. The van der Waals surface area contributed by atoms with Gasteiger partial charge in [-0.3, -0.25) is 4.79 Å². The monoisotopic (exact) mass is 363 g/mol. The van der Waals surface area contributed by atoms with Gasteiger partial charge in [-0.1, -0.05) is 0 Å². The standard InChI is InChI=1S/C18H12F3NO2S/c19-18(20,21)12-3-5-13(6-4-12)22-17(24)16-10-9-15(25-16)11-1-7-14(23)8-2-11/h1-10,23H,(H,22,24). The van der Waals surface area contributed by atoms with Gasteiger partial charge < -0.3 is 10.4 Å². The molecule has 1 heterocycles. The largest absolute Gasteiger partial charge is 0.508 e. The summed E-state index contributed by atoms with van der Waals surface area (Å²) in [7, 11) is 0. The highest BCUT2D eigenvalue weighted by Gasteiger charge is 2.30. The maximum Gasteiger partial charge on any atom is 0.416 e. The summed E-state index contributed by atoms with van der Waals surface area (Å²) in [5.74, 6) is -0.240. The van der Waals surface area contributed by atoms with Gasteiger partial charge in [-0.05, 0) is 66.2 Å². The van der Waals surface area contributed by atoms with Crippen molar-refractivity contribution in [2.45, 2.75) is 6.18 Å². The number of benzene rings is 2. The molecule has 3 nitrogen and oxygen atoms in total. The molecule has 128 valence electrons. The van der Waals surface area contributed by atoms with E-state index in [1.807, 2.05) is 0 Å². The summed E-state index contributed by atoms with van der Waals surface area (Å²) in [6.07, 6.45) is -4.41. The van der Waals surface area contributed by atoms with Crippen LogP contribution < -0.4 is 5.32 Å².